The fraction of sp³-hybridized carbons (Fsp3) is 0.467. The van der Waals surface area contributed by atoms with Crippen LogP contribution >= 0.6 is 0 Å². The second-order valence-electron chi connectivity index (χ2n) is 12.2. The maximum atomic E-state index is 2.60. The van der Waals surface area contributed by atoms with Crippen molar-refractivity contribution in [3.05, 3.63) is 79.2 Å². The van der Waals surface area contributed by atoms with Crippen LogP contribution in [0.4, 0.5) is 0 Å². The van der Waals surface area contributed by atoms with Crippen molar-refractivity contribution in [2.75, 3.05) is 0 Å². The van der Waals surface area contributed by atoms with Gasteiger partial charge >= 0.3 is 205 Å². The Bertz CT molecular complexity index is 1130. The van der Waals surface area contributed by atoms with Crippen LogP contribution in [0.1, 0.15) is 85.0 Å². The molecule has 0 aliphatic heterocycles. The molecule has 0 radical (unpaired) electrons. The van der Waals surface area contributed by atoms with E-state index in [9.17, 15) is 0 Å². The minimum absolute atomic E-state index is 0. The molecule has 2 aliphatic carbocycles. The van der Waals surface area contributed by atoms with Crippen LogP contribution in [0.5, 0.6) is 0 Å². The van der Waals surface area contributed by atoms with E-state index in [0.29, 0.717) is 3.63 Å². The van der Waals surface area contributed by atoms with E-state index in [2.05, 4.69) is 111 Å². The number of fused-ring (bicyclic) bond motifs is 3. The average molecular weight is 591 g/mol. The minimum atomic E-state index is -1.88. The molecule has 4 rings (SSSR count). The predicted molar refractivity (Wildman–Crippen MR) is 140 cm³/mol. The fourth-order valence-electron chi connectivity index (χ4n) is 5.94. The van der Waals surface area contributed by atoms with Crippen molar-refractivity contribution in [2.24, 2.45) is 0 Å². The van der Waals surface area contributed by atoms with Crippen LogP contribution in [0, 0.1) is 13.8 Å². The van der Waals surface area contributed by atoms with Gasteiger partial charge in [-0.05, 0) is 0 Å². The number of aryl methyl sites for hydroxylation is 2. The van der Waals surface area contributed by atoms with Crippen LogP contribution in [-0.2, 0) is 31.2 Å². The van der Waals surface area contributed by atoms with Crippen molar-refractivity contribution in [1.82, 2.24) is 0 Å². The molecule has 0 saturated carbocycles. The molecule has 0 atom stereocenters. The first-order valence-electron chi connectivity index (χ1n) is 12.1. The molecule has 182 valence electrons. The molecule has 0 fully saturated rings. The summed E-state index contributed by atoms with van der Waals surface area (Å²) in [7, 11) is 0. The van der Waals surface area contributed by atoms with Gasteiger partial charge in [0.15, 0.2) is 0 Å². The Morgan fingerprint density at radius 1 is 0.765 bits per heavy atom. The molecule has 2 aromatic carbocycles. The summed E-state index contributed by atoms with van der Waals surface area (Å²) in [5.41, 5.74) is 12.4. The van der Waals surface area contributed by atoms with E-state index in [0.717, 1.165) is 0 Å². The zero-order chi connectivity index (χ0) is 23.6. The fourth-order valence-corrected chi connectivity index (χ4v) is 24.2. The molecule has 0 unspecified atom stereocenters. The van der Waals surface area contributed by atoms with Gasteiger partial charge in [0.25, 0.3) is 0 Å². The van der Waals surface area contributed by atoms with Crippen LogP contribution in [0.2, 0.25) is 13.1 Å². The zero-order valence-electron chi connectivity index (χ0n) is 22.6. The largest absolute Gasteiger partial charge is 1.00 e. The van der Waals surface area contributed by atoms with E-state index < -0.39 is 20.4 Å². The molecule has 0 spiro atoms. The van der Waals surface area contributed by atoms with E-state index >= 15 is 0 Å². The number of rotatable bonds is 2. The summed E-state index contributed by atoms with van der Waals surface area (Å²) in [6.45, 7) is 24.1. The van der Waals surface area contributed by atoms with Crippen molar-refractivity contribution in [1.29, 1.82) is 0 Å². The second kappa shape index (κ2) is 10.5. The third kappa shape index (κ3) is 5.32. The van der Waals surface area contributed by atoms with Gasteiger partial charge in [0.2, 0.25) is 0 Å². The Morgan fingerprint density at radius 3 is 1.53 bits per heavy atom. The summed E-state index contributed by atoms with van der Waals surface area (Å²) in [5, 5.41) is 0. The predicted octanol–water partition coefficient (Wildman–Crippen LogP) is 2.69. The first kappa shape index (κ1) is 29.8. The van der Waals surface area contributed by atoms with Gasteiger partial charge in [-0.2, -0.15) is 0 Å². The van der Waals surface area contributed by atoms with Crippen molar-refractivity contribution in [3.8, 4) is 11.1 Å². The van der Waals surface area contributed by atoms with Crippen LogP contribution in [0.25, 0.3) is 11.1 Å². The molecule has 0 heterocycles. The van der Waals surface area contributed by atoms with Gasteiger partial charge in [-0.15, -0.1) is 0 Å². The Balaban J connectivity index is 0.00000204. The zero-order valence-corrected chi connectivity index (χ0v) is 27.6. The number of allylic oxidation sites excluding steroid dienone is 4. The number of halogens is 2. The molecule has 2 aromatic rings. The van der Waals surface area contributed by atoms with Gasteiger partial charge in [-0.3, -0.25) is 0 Å². The summed E-state index contributed by atoms with van der Waals surface area (Å²) in [4.78, 5) is 0. The van der Waals surface area contributed by atoms with Gasteiger partial charge in [0.05, 0.1) is 0 Å². The molecule has 0 saturated heterocycles. The first-order chi connectivity index (χ1) is 14.8. The smallest absolute Gasteiger partial charge is 1.00 e. The molecule has 0 N–H and O–H groups in total. The number of hydrogen-bond donors (Lipinski definition) is 0. The monoisotopic (exact) mass is 588 g/mol. The Hall–Kier alpha value is -0.400. The van der Waals surface area contributed by atoms with Gasteiger partial charge in [-0.1, -0.05) is 0 Å². The molecule has 2 aliphatic rings. The maximum Gasteiger partial charge on any atom is -1.00 e. The first-order valence-corrected chi connectivity index (χ1v) is 21.0. The van der Waals surface area contributed by atoms with Crippen LogP contribution in [0.3, 0.4) is 0 Å². The molecule has 0 amide bonds. The van der Waals surface area contributed by atoms with Crippen LogP contribution < -0.4 is 24.8 Å². The molecular weight excluding hydrogens is 551 g/mol. The second-order valence-corrected chi connectivity index (χ2v) is 29.8. The normalized spacial score (nSPS) is 14.4. The van der Waals surface area contributed by atoms with E-state index in [-0.39, 0.29) is 41.1 Å². The summed E-state index contributed by atoms with van der Waals surface area (Å²) in [6, 6.07) is 10.3. The molecule has 4 heteroatoms. The summed E-state index contributed by atoms with van der Waals surface area (Å²) in [6.07, 6.45) is 8.42. The van der Waals surface area contributed by atoms with E-state index in [1.165, 1.54) is 28.7 Å². The van der Waals surface area contributed by atoms with Gasteiger partial charge < -0.3 is 24.8 Å². The minimum Gasteiger partial charge on any atom is -1.00 e. The Kier molecular flexibility index (Phi) is 9.24. The molecular formula is C30H40Cl2SiZr. The SMILES string of the molecule is Cc1cc2c(cc1C(C)(C)C)-c1cc(C(C)(C)C)c(C)cc1[CH]2[Zr+2]([C]1=CC=CC1)=[Si](C)C.[Cl-].[Cl-]. The quantitative estimate of drug-likeness (QED) is 0.472. The summed E-state index contributed by atoms with van der Waals surface area (Å²) in [5.74, 6) is 0. The van der Waals surface area contributed by atoms with E-state index in [1.807, 2.05) is 3.28 Å². The number of hydrogen-bond acceptors (Lipinski definition) is 0. The topological polar surface area (TPSA) is 0 Å². The standard InChI is InChI=1S/C23H29.C5H5.C2H6Si.2ClH.Zr/c1-14-9-16-11-17-10-15(2)21(23(6,7)8)13-19(17)18(16)12-20(14)22(3,4)5;1-2-4-5-3-1;1-3-2;;;/h9-13H,1-8H3;1-3H,4H2;1-2H3;2*1H;/q;;;;;+2/p-2. The van der Waals surface area contributed by atoms with Crippen molar-refractivity contribution < 1.29 is 45.2 Å². The van der Waals surface area contributed by atoms with Crippen molar-refractivity contribution in [3.63, 3.8) is 0 Å². The summed E-state index contributed by atoms with van der Waals surface area (Å²) >= 11 is -1.88. The Morgan fingerprint density at radius 2 is 1.21 bits per heavy atom. The third-order valence-electron chi connectivity index (χ3n) is 7.27. The average Bonchev–Trinajstić information content (AvgIpc) is 3.26. The van der Waals surface area contributed by atoms with Crippen molar-refractivity contribution in [2.45, 2.75) is 89.4 Å². The van der Waals surface area contributed by atoms with E-state index in [1.54, 1.807) is 22.3 Å². The van der Waals surface area contributed by atoms with Crippen LogP contribution in [0.15, 0.2) is 45.8 Å². The van der Waals surface area contributed by atoms with E-state index in [4.69, 9.17) is 0 Å². The van der Waals surface area contributed by atoms with Gasteiger partial charge in [-0.25, -0.2) is 0 Å². The van der Waals surface area contributed by atoms with Crippen LogP contribution in [-0.4, -0.2) is 5.43 Å². The van der Waals surface area contributed by atoms with Crippen molar-refractivity contribution >= 4 is 5.43 Å². The number of benzene rings is 2. The third-order valence-corrected chi connectivity index (χ3v) is 25.5. The Labute approximate surface area is 228 Å². The van der Waals surface area contributed by atoms with Gasteiger partial charge in [0.1, 0.15) is 0 Å². The summed E-state index contributed by atoms with van der Waals surface area (Å²) < 4.78 is 2.52. The maximum absolute atomic E-state index is 2.60. The molecule has 34 heavy (non-hydrogen) atoms. The molecule has 0 aromatic heterocycles. The molecule has 0 bridgehead atoms. The van der Waals surface area contributed by atoms with Gasteiger partial charge in [0, 0.05) is 0 Å². The molecule has 0 nitrogen and oxygen atoms in total.